The molecule has 99 valence electrons. The fourth-order valence-electron chi connectivity index (χ4n) is 2.98. The molecule has 2 nitrogen and oxygen atoms in total. The molecule has 1 rings (SSSR count). The van der Waals surface area contributed by atoms with Crippen LogP contribution in [-0.2, 0) is 0 Å². The SMILES string of the molecule is N#CCCCCC1C[CH]CC(CCCCC#N)C1. The van der Waals surface area contributed by atoms with Crippen molar-refractivity contribution in [3.05, 3.63) is 6.42 Å². The zero-order chi connectivity index (χ0) is 13.1. The lowest BCUT2D eigenvalue weighted by Crippen LogP contribution is -2.16. The van der Waals surface area contributed by atoms with Crippen LogP contribution in [0.4, 0.5) is 0 Å². The minimum atomic E-state index is 0.716. The minimum absolute atomic E-state index is 0.716. The lowest BCUT2D eigenvalue weighted by molar-refractivity contribution is 0.276. The highest BCUT2D eigenvalue weighted by Gasteiger charge is 2.21. The van der Waals surface area contributed by atoms with Gasteiger partial charge in [0.25, 0.3) is 0 Å². The molecule has 0 amide bonds. The summed E-state index contributed by atoms with van der Waals surface area (Å²) < 4.78 is 0. The van der Waals surface area contributed by atoms with Gasteiger partial charge in [0.2, 0.25) is 0 Å². The second-order valence-corrected chi connectivity index (χ2v) is 5.54. The first kappa shape index (κ1) is 15.0. The average molecular weight is 245 g/mol. The molecule has 1 saturated carbocycles. The molecule has 0 saturated heterocycles. The maximum atomic E-state index is 8.51. The second-order valence-electron chi connectivity index (χ2n) is 5.54. The lowest BCUT2D eigenvalue weighted by atomic mass is 9.77. The zero-order valence-corrected chi connectivity index (χ0v) is 11.4. The first-order valence-corrected chi connectivity index (χ1v) is 7.42. The summed E-state index contributed by atoms with van der Waals surface area (Å²) in [5.41, 5.74) is 0. The maximum absolute atomic E-state index is 8.51. The Morgan fingerprint density at radius 2 is 1.33 bits per heavy atom. The van der Waals surface area contributed by atoms with E-state index < -0.39 is 0 Å². The van der Waals surface area contributed by atoms with Gasteiger partial charge in [0, 0.05) is 12.8 Å². The highest BCUT2D eigenvalue weighted by Crippen LogP contribution is 2.34. The van der Waals surface area contributed by atoms with Gasteiger partial charge in [-0.1, -0.05) is 25.7 Å². The molecule has 2 unspecified atom stereocenters. The molecule has 1 fully saturated rings. The lowest BCUT2D eigenvalue weighted by Gasteiger charge is -2.29. The molecule has 1 radical (unpaired) electrons. The maximum Gasteiger partial charge on any atom is 0.0621 e. The smallest absolute Gasteiger partial charge is 0.0621 e. The summed E-state index contributed by atoms with van der Waals surface area (Å²) >= 11 is 0. The van der Waals surface area contributed by atoms with Gasteiger partial charge in [0.05, 0.1) is 12.1 Å². The van der Waals surface area contributed by atoms with E-state index in [4.69, 9.17) is 10.5 Å². The molecular formula is C16H25N2. The molecule has 0 aromatic rings. The van der Waals surface area contributed by atoms with Crippen LogP contribution in [0.3, 0.4) is 0 Å². The minimum Gasteiger partial charge on any atom is -0.198 e. The monoisotopic (exact) mass is 245 g/mol. The Bertz CT molecular complexity index is 256. The summed E-state index contributed by atoms with van der Waals surface area (Å²) in [4.78, 5) is 0. The van der Waals surface area contributed by atoms with Crippen LogP contribution in [0.25, 0.3) is 0 Å². The van der Waals surface area contributed by atoms with Crippen molar-refractivity contribution in [2.24, 2.45) is 11.8 Å². The van der Waals surface area contributed by atoms with Crippen molar-refractivity contribution in [1.82, 2.24) is 0 Å². The quantitative estimate of drug-likeness (QED) is 0.578. The van der Waals surface area contributed by atoms with E-state index in [1.54, 1.807) is 0 Å². The predicted molar refractivity (Wildman–Crippen MR) is 73.3 cm³/mol. The molecule has 1 aliphatic carbocycles. The zero-order valence-electron chi connectivity index (χ0n) is 11.4. The molecule has 0 N–H and O–H groups in total. The van der Waals surface area contributed by atoms with Gasteiger partial charge in [-0.3, -0.25) is 0 Å². The van der Waals surface area contributed by atoms with E-state index in [2.05, 4.69) is 18.6 Å². The number of nitriles is 2. The topological polar surface area (TPSA) is 47.6 Å². The van der Waals surface area contributed by atoms with Crippen molar-refractivity contribution >= 4 is 0 Å². The fraction of sp³-hybridized carbons (Fsp3) is 0.812. The van der Waals surface area contributed by atoms with E-state index in [9.17, 15) is 0 Å². The molecule has 2 heteroatoms. The average Bonchev–Trinajstić information content (AvgIpc) is 2.40. The third kappa shape index (κ3) is 6.65. The summed E-state index contributed by atoms with van der Waals surface area (Å²) in [5.74, 6) is 1.72. The number of unbranched alkanes of at least 4 members (excludes halogenated alkanes) is 4. The summed E-state index contributed by atoms with van der Waals surface area (Å²) in [6.07, 6.45) is 15.0. The Labute approximate surface area is 112 Å². The summed E-state index contributed by atoms with van der Waals surface area (Å²) in [5, 5.41) is 17.0. The molecule has 0 aromatic carbocycles. The standard InChI is InChI=1S/C16H25N2/c17-12-5-1-3-8-15-10-7-11-16(14-15)9-4-2-6-13-18/h7,15-16H,1-6,8-11,14H2. The Balaban J connectivity index is 2.08. The third-order valence-corrected chi connectivity index (χ3v) is 3.97. The van der Waals surface area contributed by atoms with E-state index in [0.29, 0.717) is 12.8 Å². The van der Waals surface area contributed by atoms with Crippen molar-refractivity contribution < 1.29 is 0 Å². The van der Waals surface area contributed by atoms with Crippen LogP contribution in [0.5, 0.6) is 0 Å². The first-order valence-electron chi connectivity index (χ1n) is 7.42. The van der Waals surface area contributed by atoms with Gasteiger partial charge in [-0.25, -0.2) is 0 Å². The summed E-state index contributed by atoms with van der Waals surface area (Å²) in [6.45, 7) is 0. The largest absolute Gasteiger partial charge is 0.198 e. The number of rotatable bonds is 8. The third-order valence-electron chi connectivity index (χ3n) is 3.97. The highest BCUT2D eigenvalue weighted by atomic mass is 14.3. The second kappa shape index (κ2) is 9.95. The Hall–Kier alpha value is -1.02. The molecule has 18 heavy (non-hydrogen) atoms. The number of hydrogen-bond acceptors (Lipinski definition) is 2. The molecular weight excluding hydrogens is 220 g/mol. The molecule has 0 bridgehead atoms. The fourth-order valence-corrected chi connectivity index (χ4v) is 2.98. The van der Waals surface area contributed by atoms with E-state index in [1.807, 2.05) is 0 Å². The van der Waals surface area contributed by atoms with Crippen LogP contribution < -0.4 is 0 Å². The van der Waals surface area contributed by atoms with Crippen LogP contribution in [0.1, 0.15) is 70.6 Å². The molecule has 1 aliphatic rings. The van der Waals surface area contributed by atoms with E-state index in [0.717, 1.165) is 24.7 Å². The normalized spacial score (nSPS) is 23.2. The van der Waals surface area contributed by atoms with Crippen LogP contribution in [0.2, 0.25) is 0 Å². The highest BCUT2D eigenvalue weighted by molar-refractivity contribution is 4.83. The predicted octanol–water partition coefficient (Wildman–Crippen LogP) is 4.77. The molecule has 2 atom stereocenters. The Morgan fingerprint density at radius 1 is 0.833 bits per heavy atom. The first-order chi connectivity index (χ1) is 8.86. The van der Waals surface area contributed by atoms with Gasteiger partial charge in [-0.05, 0) is 50.4 Å². The van der Waals surface area contributed by atoms with E-state index in [1.165, 1.54) is 44.9 Å². The molecule has 0 heterocycles. The van der Waals surface area contributed by atoms with Gasteiger partial charge in [0.1, 0.15) is 0 Å². The van der Waals surface area contributed by atoms with Crippen LogP contribution in [-0.4, -0.2) is 0 Å². The molecule has 0 aromatic heterocycles. The van der Waals surface area contributed by atoms with Crippen LogP contribution in [0, 0.1) is 40.9 Å². The van der Waals surface area contributed by atoms with Crippen LogP contribution >= 0.6 is 0 Å². The summed E-state index contributed by atoms with van der Waals surface area (Å²) in [7, 11) is 0. The van der Waals surface area contributed by atoms with Crippen molar-refractivity contribution in [1.29, 1.82) is 10.5 Å². The Morgan fingerprint density at radius 3 is 1.78 bits per heavy atom. The molecule has 0 spiro atoms. The van der Waals surface area contributed by atoms with E-state index in [-0.39, 0.29) is 0 Å². The van der Waals surface area contributed by atoms with Crippen molar-refractivity contribution in [3.63, 3.8) is 0 Å². The van der Waals surface area contributed by atoms with Crippen molar-refractivity contribution in [3.8, 4) is 12.1 Å². The van der Waals surface area contributed by atoms with Gasteiger partial charge in [-0.15, -0.1) is 0 Å². The molecule has 0 aliphatic heterocycles. The van der Waals surface area contributed by atoms with E-state index >= 15 is 0 Å². The number of nitrogens with zero attached hydrogens (tertiary/aromatic N) is 2. The van der Waals surface area contributed by atoms with Crippen molar-refractivity contribution in [2.45, 2.75) is 70.6 Å². The Kier molecular flexibility index (Phi) is 8.32. The number of hydrogen-bond donors (Lipinski definition) is 0. The van der Waals surface area contributed by atoms with Gasteiger partial charge in [0.15, 0.2) is 0 Å². The van der Waals surface area contributed by atoms with Crippen molar-refractivity contribution in [2.75, 3.05) is 0 Å². The van der Waals surface area contributed by atoms with Gasteiger partial charge in [-0.2, -0.15) is 10.5 Å². The van der Waals surface area contributed by atoms with Gasteiger partial charge < -0.3 is 0 Å². The van der Waals surface area contributed by atoms with Crippen LogP contribution in [0.15, 0.2) is 0 Å². The summed E-state index contributed by atoms with van der Waals surface area (Å²) in [6, 6.07) is 4.44. The van der Waals surface area contributed by atoms with Gasteiger partial charge >= 0.3 is 0 Å².